The first kappa shape index (κ1) is 21.9. The molecule has 0 saturated carbocycles. The van der Waals surface area contributed by atoms with Crippen molar-refractivity contribution in [3.63, 3.8) is 0 Å². The van der Waals surface area contributed by atoms with Crippen molar-refractivity contribution in [2.24, 2.45) is 0 Å². The Kier molecular flexibility index (Phi) is 6.43. The Hall–Kier alpha value is -3.36. The van der Waals surface area contributed by atoms with Crippen molar-refractivity contribution in [2.45, 2.75) is 24.4 Å². The molecule has 2 aromatic carbocycles. The predicted octanol–water partition coefficient (Wildman–Crippen LogP) is 5.14. The van der Waals surface area contributed by atoms with Crippen molar-refractivity contribution < 1.29 is 9.21 Å². The fraction of sp³-hybridized carbons (Fsp3) is 0.130. The third-order valence-electron chi connectivity index (χ3n) is 4.64. The van der Waals surface area contributed by atoms with E-state index >= 15 is 0 Å². The van der Waals surface area contributed by atoms with Gasteiger partial charge in [0.15, 0.2) is 11.0 Å². The molecule has 0 bridgehead atoms. The maximum absolute atomic E-state index is 12.1. The van der Waals surface area contributed by atoms with Gasteiger partial charge in [0.1, 0.15) is 5.58 Å². The van der Waals surface area contributed by atoms with Gasteiger partial charge in [-0.05, 0) is 42.0 Å². The van der Waals surface area contributed by atoms with Crippen LogP contribution in [0.4, 0.5) is 5.69 Å². The largest absolute Gasteiger partial charge is 0.423 e. The molecule has 9 heteroatoms. The Balaban J connectivity index is 1.64. The number of hydrogen-bond donors (Lipinski definition) is 1. The topological polar surface area (TPSA) is 90.0 Å². The molecule has 0 aliphatic rings. The van der Waals surface area contributed by atoms with E-state index in [9.17, 15) is 9.59 Å². The lowest BCUT2D eigenvalue weighted by atomic mass is 10.1. The van der Waals surface area contributed by atoms with Gasteiger partial charge in [0.2, 0.25) is 5.91 Å². The zero-order valence-electron chi connectivity index (χ0n) is 17.2. The molecule has 4 aromatic rings. The van der Waals surface area contributed by atoms with Crippen LogP contribution >= 0.6 is 23.4 Å². The lowest BCUT2D eigenvalue weighted by Crippen LogP contribution is -2.06. The van der Waals surface area contributed by atoms with Gasteiger partial charge in [-0.3, -0.25) is 9.36 Å². The van der Waals surface area contributed by atoms with Crippen molar-refractivity contribution in [3.05, 3.63) is 82.2 Å². The number of thioether (sulfide) groups is 1. The Bertz CT molecular complexity index is 1360. The molecule has 1 N–H and O–H groups in total. The molecule has 0 unspecified atom stereocenters. The van der Waals surface area contributed by atoms with Gasteiger partial charge >= 0.3 is 5.63 Å². The van der Waals surface area contributed by atoms with Crippen molar-refractivity contribution >= 4 is 45.9 Å². The average molecular weight is 467 g/mol. The first-order valence-electron chi connectivity index (χ1n) is 9.72. The van der Waals surface area contributed by atoms with Crippen LogP contribution in [-0.4, -0.2) is 20.7 Å². The van der Waals surface area contributed by atoms with Gasteiger partial charge in [-0.2, -0.15) is 0 Å². The maximum Gasteiger partial charge on any atom is 0.336 e. The Labute approximate surface area is 193 Å². The molecule has 0 fully saturated rings. The monoisotopic (exact) mass is 466 g/mol. The van der Waals surface area contributed by atoms with Gasteiger partial charge in [0.25, 0.3) is 0 Å². The van der Waals surface area contributed by atoms with Crippen molar-refractivity contribution in [1.82, 2.24) is 14.8 Å². The summed E-state index contributed by atoms with van der Waals surface area (Å²) >= 11 is 7.46. The first-order valence-corrected chi connectivity index (χ1v) is 11.1. The molecule has 0 radical (unpaired) electrons. The number of hydrogen-bond acceptors (Lipinski definition) is 6. The number of allylic oxidation sites excluding steroid dienone is 1. The average Bonchev–Trinajstić information content (AvgIpc) is 3.14. The first-order chi connectivity index (χ1) is 15.4. The third-order valence-corrected chi connectivity index (χ3v) is 5.91. The number of halogens is 1. The molecule has 162 valence electrons. The van der Waals surface area contributed by atoms with Gasteiger partial charge < -0.3 is 9.73 Å². The summed E-state index contributed by atoms with van der Waals surface area (Å²) in [5.74, 6) is 0.996. The van der Waals surface area contributed by atoms with E-state index in [1.807, 2.05) is 22.8 Å². The van der Waals surface area contributed by atoms with Crippen LogP contribution in [0.3, 0.4) is 0 Å². The van der Waals surface area contributed by atoms with Crippen molar-refractivity contribution in [1.29, 1.82) is 0 Å². The quantitative estimate of drug-likeness (QED) is 0.230. The summed E-state index contributed by atoms with van der Waals surface area (Å²) in [5.41, 5.74) is 2.22. The smallest absolute Gasteiger partial charge is 0.336 e. The molecule has 0 spiro atoms. The van der Waals surface area contributed by atoms with E-state index in [0.717, 1.165) is 16.5 Å². The number of fused-ring (bicyclic) bond motifs is 1. The second-order valence-corrected chi connectivity index (χ2v) is 8.36. The van der Waals surface area contributed by atoms with Gasteiger partial charge in [-0.15, -0.1) is 16.8 Å². The summed E-state index contributed by atoms with van der Waals surface area (Å²) in [6, 6.07) is 14.1. The van der Waals surface area contributed by atoms with E-state index in [0.29, 0.717) is 39.6 Å². The highest BCUT2D eigenvalue weighted by Crippen LogP contribution is 2.30. The van der Waals surface area contributed by atoms with Crippen LogP contribution in [0, 0.1) is 0 Å². The molecule has 0 aliphatic heterocycles. The lowest BCUT2D eigenvalue weighted by Gasteiger charge is -2.09. The second-order valence-electron chi connectivity index (χ2n) is 6.98. The highest BCUT2D eigenvalue weighted by molar-refractivity contribution is 7.98. The number of anilines is 1. The molecule has 0 atom stereocenters. The minimum absolute atomic E-state index is 0.198. The van der Waals surface area contributed by atoms with Gasteiger partial charge in [0, 0.05) is 53.0 Å². The van der Waals surface area contributed by atoms with Crippen LogP contribution in [0.1, 0.15) is 12.5 Å². The highest BCUT2D eigenvalue weighted by atomic mass is 35.5. The molecule has 4 rings (SSSR count). The van der Waals surface area contributed by atoms with E-state index in [4.69, 9.17) is 16.0 Å². The number of rotatable bonds is 7. The van der Waals surface area contributed by atoms with E-state index in [2.05, 4.69) is 22.1 Å². The van der Waals surface area contributed by atoms with Crippen LogP contribution in [-0.2, 0) is 17.1 Å². The summed E-state index contributed by atoms with van der Waals surface area (Å²) in [6.45, 7) is 5.79. The Morgan fingerprint density at radius 3 is 2.72 bits per heavy atom. The number of carbonyl (C=O) groups is 1. The van der Waals surface area contributed by atoms with Gasteiger partial charge in [0.05, 0.1) is 0 Å². The van der Waals surface area contributed by atoms with Gasteiger partial charge in [-0.1, -0.05) is 29.4 Å². The number of nitrogens with zero attached hydrogens (tertiary/aromatic N) is 3. The summed E-state index contributed by atoms with van der Waals surface area (Å²) < 4.78 is 7.30. The number of benzene rings is 2. The lowest BCUT2D eigenvalue weighted by molar-refractivity contribution is -0.114. The number of nitrogens with one attached hydrogen (secondary N) is 1. The number of carbonyl (C=O) groups excluding carboxylic acids is 1. The molecule has 0 aliphatic carbocycles. The Morgan fingerprint density at radius 2 is 2.00 bits per heavy atom. The fourth-order valence-electron chi connectivity index (χ4n) is 3.27. The summed E-state index contributed by atoms with van der Waals surface area (Å²) in [5, 5.41) is 13.5. The van der Waals surface area contributed by atoms with Crippen LogP contribution in [0.5, 0.6) is 0 Å². The summed E-state index contributed by atoms with van der Waals surface area (Å²) in [7, 11) is 0. The van der Waals surface area contributed by atoms with E-state index < -0.39 is 5.63 Å². The molecule has 7 nitrogen and oxygen atoms in total. The molecule has 32 heavy (non-hydrogen) atoms. The molecule has 0 saturated heterocycles. The van der Waals surface area contributed by atoms with Crippen molar-refractivity contribution in [3.8, 4) is 11.4 Å². The van der Waals surface area contributed by atoms with Gasteiger partial charge in [-0.25, -0.2) is 4.79 Å². The SMILES string of the molecule is C=CCn1c(SCc2cc(=O)oc3cc(NC(C)=O)ccc23)nnc1-c1ccc(Cl)cc1. The molecule has 2 aromatic heterocycles. The molecule has 2 heterocycles. The van der Waals surface area contributed by atoms with E-state index in [1.54, 1.807) is 30.3 Å². The van der Waals surface area contributed by atoms with Crippen LogP contribution in [0.25, 0.3) is 22.4 Å². The number of aromatic nitrogens is 3. The number of amides is 1. The Morgan fingerprint density at radius 1 is 1.22 bits per heavy atom. The van der Waals surface area contributed by atoms with E-state index in [1.165, 1.54) is 24.8 Å². The molecular weight excluding hydrogens is 448 g/mol. The van der Waals surface area contributed by atoms with Crippen LogP contribution in [0.15, 0.2) is 75.6 Å². The highest BCUT2D eigenvalue weighted by Gasteiger charge is 2.15. The minimum atomic E-state index is -0.456. The zero-order valence-corrected chi connectivity index (χ0v) is 18.7. The molecule has 1 amide bonds. The van der Waals surface area contributed by atoms with Crippen LogP contribution < -0.4 is 10.9 Å². The van der Waals surface area contributed by atoms with Crippen molar-refractivity contribution in [2.75, 3.05) is 5.32 Å². The standard InChI is InChI=1S/C23H19ClN4O3S/c1-3-10-28-22(15-4-6-17(24)7-5-15)26-27-23(28)32-13-16-11-21(30)31-20-12-18(25-14(2)29)8-9-19(16)20/h3-9,11-12H,1,10,13H2,2H3,(H,25,29). The minimum Gasteiger partial charge on any atom is -0.423 e. The normalized spacial score (nSPS) is 10.9. The van der Waals surface area contributed by atoms with E-state index in [-0.39, 0.29) is 5.91 Å². The predicted molar refractivity (Wildman–Crippen MR) is 127 cm³/mol. The maximum atomic E-state index is 12.1. The third kappa shape index (κ3) is 4.76. The second kappa shape index (κ2) is 9.42. The fourth-order valence-corrected chi connectivity index (χ4v) is 4.34. The summed E-state index contributed by atoms with van der Waals surface area (Å²) in [6.07, 6.45) is 1.78. The molecular formula is C23H19ClN4O3S. The zero-order chi connectivity index (χ0) is 22.7. The summed E-state index contributed by atoms with van der Waals surface area (Å²) in [4.78, 5) is 23.4. The van der Waals surface area contributed by atoms with Crippen LogP contribution in [0.2, 0.25) is 5.02 Å².